The molecule has 0 atom stereocenters. The number of allylic oxidation sites excluding steroid dienone is 1. The number of aryl methyl sites for hydroxylation is 1. The Kier molecular flexibility index (Phi) is 8.91. The molecule has 0 spiro atoms. The van der Waals surface area contributed by atoms with E-state index in [4.69, 9.17) is 25.8 Å². The predicted octanol–water partition coefficient (Wildman–Crippen LogP) is 7.09. The van der Waals surface area contributed by atoms with E-state index in [2.05, 4.69) is 18.7 Å². The molecule has 37 heavy (non-hydrogen) atoms. The molecule has 1 fully saturated rings. The van der Waals surface area contributed by atoms with E-state index in [0.29, 0.717) is 12.2 Å². The topological polar surface area (TPSA) is 48.0 Å². The maximum absolute atomic E-state index is 12.8. The lowest BCUT2D eigenvalue weighted by Crippen LogP contribution is -2.36. The number of morpholine rings is 1. The first-order valence-corrected chi connectivity index (χ1v) is 13.0. The van der Waals surface area contributed by atoms with Gasteiger partial charge in [-0.15, -0.1) is 0 Å². The largest absolute Gasteiger partial charge is 0.496 e. The van der Waals surface area contributed by atoms with Crippen LogP contribution >= 0.6 is 11.6 Å². The second kappa shape index (κ2) is 12.3. The van der Waals surface area contributed by atoms with Gasteiger partial charge in [-0.05, 0) is 84.1 Å². The van der Waals surface area contributed by atoms with Crippen molar-refractivity contribution in [3.63, 3.8) is 0 Å². The Balaban J connectivity index is 1.46. The molecule has 3 aromatic rings. The number of hydrogen-bond acceptors (Lipinski definition) is 5. The maximum atomic E-state index is 12.8. The van der Waals surface area contributed by atoms with Crippen LogP contribution in [-0.4, -0.2) is 39.2 Å². The molecular formula is C31H34ClNO4. The minimum absolute atomic E-state index is 0.0413. The summed E-state index contributed by atoms with van der Waals surface area (Å²) in [5.74, 6) is 1.79. The monoisotopic (exact) mass is 519 g/mol. The highest BCUT2D eigenvalue weighted by Crippen LogP contribution is 2.33. The number of anilines is 1. The Morgan fingerprint density at radius 2 is 1.78 bits per heavy atom. The first-order chi connectivity index (χ1) is 17.9. The van der Waals surface area contributed by atoms with Gasteiger partial charge in [-0.25, -0.2) is 0 Å². The number of benzene rings is 3. The van der Waals surface area contributed by atoms with Crippen molar-refractivity contribution in [2.75, 3.05) is 38.3 Å². The van der Waals surface area contributed by atoms with Crippen LogP contribution in [0.1, 0.15) is 52.4 Å². The van der Waals surface area contributed by atoms with Crippen molar-refractivity contribution in [2.24, 2.45) is 0 Å². The van der Waals surface area contributed by atoms with Gasteiger partial charge in [-0.3, -0.25) is 4.79 Å². The molecule has 4 rings (SSSR count). The molecule has 0 radical (unpaired) electrons. The molecule has 0 aromatic heterocycles. The zero-order valence-electron chi connectivity index (χ0n) is 21.9. The van der Waals surface area contributed by atoms with Gasteiger partial charge in [0.25, 0.3) is 0 Å². The molecule has 6 heteroatoms. The number of ketones is 1. The molecule has 1 aliphatic heterocycles. The molecule has 1 aliphatic rings. The van der Waals surface area contributed by atoms with Gasteiger partial charge < -0.3 is 19.1 Å². The minimum Gasteiger partial charge on any atom is -0.496 e. The van der Waals surface area contributed by atoms with Crippen molar-refractivity contribution >= 4 is 29.1 Å². The van der Waals surface area contributed by atoms with Crippen LogP contribution in [0, 0.1) is 6.92 Å². The highest BCUT2D eigenvalue weighted by atomic mass is 35.5. The normalized spacial score (nSPS) is 13.8. The summed E-state index contributed by atoms with van der Waals surface area (Å²) in [4.78, 5) is 15.1. The predicted molar refractivity (Wildman–Crippen MR) is 150 cm³/mol. The third-order valence-electron chi connectivity index (χ3n) is 6.56. The van der Waals surface area contributed by atoms with E-state index in [1.165, 1.54) is 0 Å². The Bertz CT molecular complexity index is 1260. The molecule has 194 valence electrons. The highest BCUT2D eigenvalue weighted by Gasteiger charge is 2.14. The van der Waals surface area contributed by atoms with Gasteiger partial charge in [-0.1, -0.05) is 37.6 Å². The molecule has 1 heterocycles. The molecule has 3 aromatic carbocycles. The number of methoxy groups -OCH3 is 1. The first kappa shape index (κ1) is 26.8. The lowest BCUT2D eigenvalue weighted by Gasteiger charge is -2.28. The Labute approximate surface area is 224 Å². The summed E-state index contributed by atoms with van der Waals surface area (Å²) >= 11 is 6.35. The van der Waals surface area contributed by atoms with Gasteiger partial charge >= 0.3 is 0 Å². The average Bonchev–Trinajstić information content (AvgIpc) is 2.92. The number of carbonyl (C=O) groups excluding carboxylic acids is 1. The summed E-state index contributed by atoms with van der Waals surface area (Å²) < 4.78 is 17.2. The van der Waals surface area contributed by atoms with Crippen LogP contribution in [-0.2, 0) is 11.3 Å². The summed E-state index contributed by atoms with van der Waals surface area (Å²) in [6.45, 7) is 9.74. The highest BCUT2D eigenvalue weighted by molar-refractivity contribution is 6.31. The minimum atomic E-state index is -0.0413. The SMILES string of the molecule is COc1ccc(/C=C/C(=O)c2ccc(N3CCOCC3)cc2)cc1COc1cc(C)c(Cl)cc1C(C)C. The molecule has 5 nitrogen and oxygen atoms in total. The second-order valence-electron chi connectivity index (χ2n) is 9.50. The van der Waals surface area contributed by atoms with Crippen LogP contribution in [0.5, 0.6) is 11.5 Å². The maximum Gasteiger partial charge on any atom is 0.185 e. The Morgan fingerprint density at radius 1 is 1.05 bits per heavy atom. The van der Waals surface area contributed by atoms with E-state index in [1.54, 1.807) is 13.2 Å². The van der Waals surface area contributed by atoms with Gasteiger partial charge in [0.05, 0.1) is 20.3 Å². The molecule has 0 aliphatic carbocycles. The lowest BCUT2D eigenvalue weighted by molar-refractivity contribution is 0.104. The molecule has 0 N–H and O–H groups in total. The van der Waals surface area contributed by atoms with Crippen LogP contribution in [0.4, 0.5) is 5.69 Å². The van der Waals surface area contributed by atoms with Crippen molar-refractivity contribution in [1.29, 1.82) is 0 Å². The number of ether oxygens (including phenoxy) is 3. The molecule has 0 saturated carbocycles. The van der Waals surface area contributed by atoms with E-state index in [-0.39, 0.29) is 11.7 Å². The third-order valence-corrected chi connectivity index (χ3v) is 6.96. The van der Waals surface area contributed by atoms with Gasteiger partial charge in [0.15, 0.2) is 5.78 Å². The van der Waals surface area contributed by atoms with Gasteiger partial charge in [0, 0.05) is 34.9 Å². The summed E-state index contributed by atoms with van der Waals surface area (Å²) in [7, 11) is 1.64. The van der Waals surface area contributed by atoms with Crippen molar-refractivity contribution in [1.82, 2.24) is 0 Å². The summed E-state index contributed by atoms with van der Waals surface area (Å²) in [5, 5.41) is 0.737. The number of rotatable bonds is 9. The first-order valence-electron chi connectivity index (χ1n) is 12.6. The molecule has 1 saturated heterocycles. The number of nitrogens with zero attached hydrogens (tertiary/aromatic N) is 1. The van der Waals surface area contributed by atoms with Gasteiger partial charge in [0.1, 0.15) is 18.1 Å². The van der Waals surface area contributed by atoms with E-state index in [0.717, 1.165) is 70.8 Å². The van der Waals surface area contributed by atoms with Crippen LogP contribution in [0.2, 0.25) is 5.02 Å². The zero-order valence-corrected chi connectivity index (χ0v) is 22.7. The smallest absolute Gasteiger partial charge is 0.185 e. The fourth-order valence-electron chi connectivity index (χ4n) is 4.34. The number of halogens is 1. The quantitative estimate of drug-likeness (QED) is 0.223. The Hall–Kier alpha value is -3.28. The molecular weight excluding hydrogens is 486 g/mol. The summed E-state index contributed by atoms with van der Waals surface area (Å²) in [6, 6.07) is 17.5. The van der Waals surface area contributed by atoms with Crippen molar-refractivity contribution < 1.29 is 19.0 Å². The van der Waals surface area contributed by atoms with Crippen LogP contribution in [0.25, 0.3) is 6.08 Å². The van der Waals surface area contributed by atoms with E-state index in [1.807, 2.05) is 67.6 Å². The second-order valence-corrected chi connectivity index (χ2v) is 9.90. The number of hydrogen-bond donors (Lipinski definition) is 0. The van der Waals surface area contributed by atoms with E-state index in [9.17, 15) is 4.79 Å². The van der Waals surface area contributed by atoms with Gasteiger partial charge in [0.2, 0.25) is 0 Å². The van der Waals surface area contributed by atoms with Gasteiger partial charge in [-0.2, -0.15) is 0 Å². The summed E-state index contributed by atoms with van der Waals surface area (Å²) in [6.07, 6.45) is 3.43. The molecule has 0 bridgehead atoms. The van der Waals surface area contributed by atoms with Crippen molar-refractivity contribution in [3.8, 4) is 11.5 Å². The zero-order chi connectivity index (χ0) is 26.4. The standard InChI is InChI=1S/C31H34ClNO4/c1-21(2)27-19-28(32)22(3)17-31(27)37-20-25-18-23(6-12-30(25)35-4)5-11-29(34)24-7-9-26(10-8-24)33-13-15-36-16-14-33/h5-12,17-19,21H,13-16,20H2,1-4H3/b11-5+. The summed E-state index contributed by atoms with van der Waals surface area (Å²) in [5.41, 5.74) is 5.60. The van der Waals surface area contributed by atoms with Crippen LogP contribution < -0.4 is 14.4 Å². The van der Waals surface area contributed by atoms with E-state index < -0.39 is 0 Å². The lowest BCUT2D eigenvalue weighted by atomic mass is 10.0. The van der Waals surface area contributed by atoms with E-state index >= 15 is 0 Å². The fraction of sp³-hybridized carbons (Fsp3) is 0.323. The van der Waals surface area contributed by atoms with Crippen LogP contribution in [0.3, 0.4) is 0 Å². The average molecular weight is 520 g/mol. The Morgan fingerprint density at radius 3 is 2.46 bits per heavy atom. The van der Waals surface area contributed by atoms with Crippen LogP contribution in [0.15, 0.2) is 60.7 Å². The number of carbonyl (C=O) groups is 1. The molecule has 0 unspecified atom stereocenters. The molecule has 0 amide bonds. The fourth-order valence-corrected chi connectivity index (χ4v) is 4.52. The third kappa shape index (κ3) is 6.73. The van der Waals surface area contributed by atoms with Crippen molar-refractivity contribution in [3.05, 3.63) is 93.5 Å². The van der Waals surface area contributed by atoms with Crippen molar-refractivity contribution in [2.45, 2.75) is 33.3 Å².